The molecule has 4 rings (SSSR count). The van der Waals surface area contributed by atoms with E-state index in [1.165, 1.54) is 23.5 Å². The first-order chi connectivity index (χ1) is 11.6. The second-order valence-corrected chi connectivity index (χ2v) is 6.55. The van der Waals surface area contributed by atoms with Gasteiger partial charge in [0.25, 0.3) is 11.6 Å². The molecule has 0 saturated carbocycles. The molecule has 1 aliphatic heterocycles. The SMILES string of the molecule is O=C(N[C@@H]1COc2ccccc21)c1cc2cc([N+](=O)[O-])ccc2s1. The number of nitro groups is 1. The lowest BCUT2D eigenvalue weighted by molar-refractivity contribution is -0.384. The molecule has 0 radical (unpaired) electrons. The van der Waals surface area contributed by atoms with Crippen molar-refractivity contribution in [2.45, 2.75) is 6.04 Å². The maximum Gasteiger partial charge on any atom is 0.270 e. The number of amides is 1. The van der Waals surface area contributed by atoms with Gasteiger partial charge < -0.3 is 10.1 Å². The number of para-hydroxylation sites is 1. The van der Waals surface area contributed by atoms with E-state index in [4.69, 9.17) is 4.74 Å². The first-order valence-electron chi connectivity index (χ1n) is 7.32. The van der Waals surface area contributed by atoms with Crippen molar-refractivity contribution >= 4 is 33.0 Å². The summed E-state index contributed by atoms with van der Waals surface area (Å²) in [5.74, 6) is 0.582. The third-order valence-corrected chi connectivity index (χ3v) is 5.05. The number of thiophene rings is 1. The highest BCUT2D eigenvalue weighted by Crippen LogP contribution is 2.33. The van der Waals surface area contributed by atoms with Gasteiger partial charge in [-0.3, -0.25) is 14.9 Å². The van der Waals surface area contributed by atoms with Crippen LogP contribution in [0.1, 0.15) is 21.3 Å². The molecule has 0 fully saturated rings. The van der Waals surface area contributed by atoms with Crippen LogP contribution in [0.15, 0.2) is 48.5 Å². The summed E-state index contributed by atoms with van der Waals surface area (Å²) in [7, 11) is 0. The minimum atomic E-state index is -0.441. The van der Waals surface area contributed by atoms with E-state index in [1.54, 1.807) is 12.1 Å². The third-order valence-electron chi connectivity index (χ3n) is 3.94. The van der Waals surface area contributed by atoms with Crippen LogP contribution in [-0.4, -0.2) is 17.4 Å². The van der Waals surface area contributed by atoms with E-state index in [2.05, 4.69) is 5.32 Å². The molecule has 6 nitrogen and oxygen atoms in total. The molecule has 1 amide bonds. The van der Waals surface area contributed by atoms with Gasteiger partial charge in [0.1, 0.15) is 12.4 Å². The highest BCUT2D eigenvalue weighted by molar-refractivity contribution is 7.20. The van der Waals surface area contributed by atoms with Crippen LogP contribution in [-0.2, 0) is 0 Å². The molecule has 0 aliphatic carbocycles. The van der Waals surface area contributed by atoms with Crippen molar-refractivity contribution in [3.8, 4) is 5.75 Å². The smallest absolute Gasteiger partial charge is 0.270 e. The second kappa shape index (κ2) is 5.61. The van der Waals surface area contributed by atoms with E-state index in [0.29, 0.717) is 16.9 Å². The van der Waals surface area contributed by atoms with Crippen LogP contribution in [0.3, 0.4) is 0 Å². The second-order valence-electron chi connectivity index (χ2n) is 5.46. The molecular formula is C17H12N2O4S. The van der Waals surface area contributed by atoms with Crippen LogP contribution in [0.5, 0.6) is 5.75 Å². The minimum Gasteiger partial charge on any atom is -0.491 e. The van der Waals surface area contributed by atoms with Gasteiger partial charge in [-0.2, -0.15) is 0 Å². The topological polar surface area (TPSA) is 81.5 Å². The maximum atomic E-state index is 12.5. The molecule has 120 valence electrons. The number of nitro benzene ring substituents is 1. The lowest BCUT2D eigenvalue weighted by Crippen LogP contribution is -2.28. The van der Waals surface area contributed by atoms with E-state index in [-0.39, 0.29) is 17.6 Å². The Labute approximate surface area is 140 Å². The summed E-state index contributed by atoms with van der Waals surface area (Å²) in [6.07, 6.45) is 0. The molecule has 1 aromatic heterocycles. The fourth-order valence-corrected chi connectivity index (χ4v) is 3.71. The van der Waals surface area contributed by atoms with E-state index in [9.17, 15) is 14.9 Å². The summed E-state index contributed by atoms with van der Waals surface area (Å²) >= 11 is 1.32. The van der Waals surface area contributed by atoms with E-state index in [1.807, 2.05) is 24.3 Å². The summed E-state index contributed by atoms with van der Waals surface area (Å²) < 4.78 is 6.40. The number of hydrogen-bond donors (Lipinski definition) is 1. The molecule has 1 aliphatic rings. The Morgan fingerprint density at radius 2 is 2.08 bits per heavy atom. The highest BCUT2D eigenvalue weighted by Gasteiger charge is 2.26. The number of ether oxygens (including phenoxy) is 1. The quantitative estimate of drug-likeness (QED) is 0.582. The van der Waals surface area contributed by atoms with Gasteiger partial charge in [0.05, 0.1) is 15.8 Å². The normalized spacial score (nSPS) is 15.8. The first kappa shape index (κ1) is 14.6. The van der Waals surface area contributed by atoms with Gasteiger partial charge in [0.2, 0.25) is 0 Å². The number of carbonyl (C=O) groups is 1. The number of nitrogens with one attached hydrogen (secondary N) is 1. The Hall–Kier alpha value is -2.93. The summed E-state index contributed by atoms with van der Waals surface area (Å²) in [6, 6.07) is 13.7. The number of carbonyl (C=O) groups excluding carboxylic acids is 1. The molecule has 1 atom stereocenters. The average Bonchev–Trinajstić information content (AvgIpc) is 3.18. The fourth-order valence-electron chi connectivity index (χ4n) is 2.77. The molecule has 1 N–H and O–H groups in total. The van der Waals surface area contributed by atoms with Crippen molar-refractivity contribution in [3.05, 3.63) is 69.1 Å². The molecule has 0 saturated heterocycles. The van der Waals surface area contributed by atoms with E-state index in [0.717, 1.165) is 16.0 Å². The summed E-state index contributed by atoms with van der Waals surface area (Å²) in [4.78, 5) is 23.4. The standard InChI is InChI=1S/C17H12N2O4S/c20-17(18-13-9-23-14-4-2-1-3-12(13)14)16-8-10-7-11(19(21)22)5-6-15(10)24-16/h1-8,13H,9H2,(H,18,20)/t13-/m1/s1. The van der Waals surface area contributed by atoms with Crippen molar-refractivity contribution < 1.29 is 14.5 Å². The minimum absolute atomic E-state index is 0.0189. The van der Waals surface area contributed by atoms with E-state index >= 15 is 0 Å². The number of nitrogens with zero attached hydrogens (tertiary/aromatic N) is 1. The molecule has 2 heterocycles. The number of rotatable bonds is 3. The molecule has 2 aromatic carbocycles. The summed E-state index contributed by atoms with van der Waals surface area (Å²) in [6.45, 7) is 0.404. The highest BCUT2D eigenvalue weighted by atomic mass is 32.1. The largest absolute Gasteiger partial charge is 0.491 e. The number of hydrogen-bond acceptors (Lipinski definition) is 5. The predicted octanol–water partition coefficient (Wildman–Crippen LogP) is 3.67. The Kier molecular flexibility index (Phi) is 3.42. The van der Waals surface area contributed by atoms with Crippen LogP contribution < -0.4 is 10.1 Å². The third kappa shape index (κ3) is 2.48. The van der Waals surface area contributed by atoms with Gasteiger partial charge in [-0.1, -0.05) is 18.2 Å². The predicted molar refractivity (Wildman–Crippen MR) is 90.6 cm³/mol. The molecule has 3 aromatic rings. The molecule has 24 heavy (non-hydrogen) atoms. The molecule has 0 spiro atoms. The molecule has 0 bridgehead atoms. The van der Waals surface area contributed by atoms with Gasteiger partial charge in [-0.05, 0) is 18.2 Å². The van der Waals surface area contributed by atoms with Gasteiger partial charge in [-0.15, -0.1) is 11.3 Å². The zero-order valence-corrected chi connectivity index (χ0v) is 13.2. The van der Waals surface area contributed by atoms with Gasteiger partial charge in [0.15, 0.2) is 0 Å². The molecular weight excluding hydrogens is 328 g/mol. The zero-order chi connectivity index (χ0) is 16.7. The van der Waals surface area contributed by atoms with Crippen LogP contribution in [0.4, 0.5) is 5.69 Å². The van der Waals surface area contributed by atoms with Crippen LogP contribution in [0.25, 0.3) is 10.1 Å². The number of fused-ring (bicyclic) bond motifs is 2. The maximum absolute atomic E-state index is 12.5. The Balaban J connectivity index is 1.59. The lowest BCUT2D eigenvalue weighted by atomic mass is 10.1. The Bertz CT molecular complexity index is 966. The number of non-ortho nitro benzene ring substituents is 1. The Morgan fingerprint density at radius 1 is 1.25 bits per heavy atom. The summed E-state index contributed by atoms with van der Waals surface area (Å²) in [5, 5.41) is 14.5. The number of benzene rings is 2. The van der Waals surface area contributed by atoms with Crippen molar-refractivity contribution in [2.24, 2.45) is 0 Å². The van der Waals surface area contributed by atoms with Crippen molar-refractivity contribution in [1.29, 1.82) is 0 Å². The zero-order valence-electron chi connectivity index (χ0n) is 12.4. The average molecular weight is 340 g/mol. The molecule has 0 unspecified atom stereocenters. The first-order valence-corrected chi connectivity index (χ1v) is 8.14. The molecule has 7 heteroatoms. The van der Waals surface area contributed by atoms with Crippen LogP contribution in [0, 0.1) is 10.1 Å². The van der Waals surface area contributed by atoms with Crippen molar-refractivity contribution in [2.75, 3.05) is 6.61 Å². The van der Waals surface area contributed by atoms with Gasteiger partial charge >= 0.3 is 0 Å². The Morgan fingerprint density at radius 3 is 2.92 bits per heavy atom. The van der Waals surface area contributed by atoms with Crippen molar-refractivity contribution in [1.82, 2.24) is 5.32 Å². The van der Waals surface area contributed by atoms with Gasteiger partial charge in [0, 0.05) is 27.8 Å². The van der Waals surface area contributed by atoms with Crippen LogP contribution >= 0.6 is 11.3 Å². The van der Waals surface area contributed by atoms with E-state index < -0.39 is 4.92 Å². The van der Waals surface area contributed by atoms with Gasteiger partial charge in [-0.25, -0.2) is 0 Å². The lowest BCUT2D eigenvalue weighted by Gasteiger charge is -2.10. The summed E-state index contributed by atoms with van der Waals surface area (Å²) in [5.41, 5.74) is 0.980. The monoisotopic (exact) mass is 340 g/mol. The van der Waals surface area contributed by atoms with Crippen molar-refractivity contribution in [3.63, 3.8) is 0 Å². The van der Waals surface area contributed by atoms with Crippen LogP contribution in [0.2, 0.25) is 0 Å². The fraction of sp³-hybridized carbons (Fsp3) is 0.118.